The number of guanidine groups is 1. The highest BCUT2D eigenvalue weighted by atomic mass is 35.5. The van der Waals surface area contributed by atoms with E-state index in [4.69, 9.17) is 20.9 Å². The standard InChI is InChI=1S/C18H24ClN5O2/c1-20-18(24(2)8-9-25-12-13-6-7-13)21-11-16-22-17(23-26-16)14-4-3-5-15(19)10-14/h3-5,10,13H,6-9,11-12H2,1-2H3,(H,20,21). The van der Waals surface area contributed by atoms with E-state index >= 15 is 0 Å². The van der Waals surface area contributed by atoms with Crippen LogP contribution in [-0.4, -0.2) is 54.9 Å². The topological polar surface area (TPSA) is 75.8 Å². The minimum atomic E-state index is 0.396. The summed E-state index contributed by atoms with van der Waals surface area (Å²) >= 11 is 6.00. The van der Waals surface area contributed by atoms with Gasteiger partial charge in [-0.2, -0.15) is 4.98 Å². The summed E-state index contributed by atoms with van der Waals surface area (Å²) in [7, 11) is 3.72. The van der Waals surface area contributed by atoms with Crippen molar-refractivity contribution >= 4 is 17.6 Å². The lowest BCUT2D eigenvalue weighted by molar-refractivity contribution is 0.115. The Morgan fingerprint density at radius 3 is 3.04 bits per heavy atom. The van der Waals surface area contributed by atoms with E-state index in [0.29, 0.717) is 29.9 Å². The van der Waals surface area contributed by atoms with Crippen LogP contribution < -0.4 is 5.32 Å². The second-order valence-corrected chi connectivity index (χ2v) is 6.80. The van der Waals surface area contributed by atoms with Gasteiger partial charge in [-0.15, -0.1) is 0 Å². The van der Waals surface area contributed by atoms with E-state index in [0.717, 1.165) is 30.6 Å². The Morgan fingerprint density at radius 1 is 1.46 bits per heavy atom. The molecule has 1 fully saturated rings. The van der Waals surface area contributed by atoms with E-state index < -0.39 is 0 Å². The highest BCUT2D eigenvalue weighted by Gasteiger charge is 2.21. The number of nitrogens with zero attached hydrogens (tertiary/aromatic N) is 4. The van der Waals surface area contributed by atoms with Gasteiger partial charge in [0, 0.05) is 37.8 Å². The maximum Gasteiger partial charge on any atom is 0.246 e. The molecular formula is C18H24ClN5O2. The number of hydrogen-bond donors (Lipinski definition) is 1. The number of aromatic nitrogens is 2. The van der Waals surface area contributed by atoms with E-state index in [2.05, 4.69) is 20.4 Å². The Balaban J connectivity index is 1.47. The molecule has 7 nitrogen and oxygen atoms in total. The number of aliphatic imine (C=N–C) groups is 1. The van der Waals surface area contributed by atoms with Crippen molar-refractivity contribution in [1.82, 2.24) is 20.4 Å². The Hall–Kier alpha value is -2.12. The lowest BCUT2D eigenvalue weighted by Gasteiger charge is -2.21. The van der Waals surface area contributed by atoms with E-state index in [1.807, 2.05) is 30.1 Å². The quantitative estimate of drug-likeness (QED) is 0.433. The highest BCUT2D eigenvalue weighted by Crippen LogP contribution is 2.28. The Kier molecular flexibility index (Phi) is 6.46. The summed E-state index contributed by atoms with van der Waals surface area (Å²) in [6.45, 7) is 2.72. The van der Waals surface area contributed by atoms with E-state index in [-0.39, 0.29) is 0 Å². The summed E-state index contributed by atoms with van der Waals surface area (Å²) in [6, 6.07) is 7.36. The maximum atomic E-state index is 6.00. The van der Waals surface area contributed by atoms with Crippen LogP contribution in [0.1, 0.15) is 18.7 Å². The van der Waals surface area contributed by atoms with Crippen LogP contribution in [-0.2, 0) is 11.3 Å². The van der Waals surface area contributed by atoms with Crippen LogP contribution in [0.2, 0.25) is 5.02 Å². The molecule has 0 aliphatic heterocycles. The molecule has 0 radical (unpaired) electrons. The van der Waals surface area contributed by atoms with Gasteiger partial charge in [0.2, 0.25) is 11.7 Å². The van der Waals surface area contributed by atoms with Crippen molar-refractivity contribution in [3.63, 3.8) is 0 Å². The molecule has 1 aromatic carbocycles. The van der Waals surface area contributed by atoms with Gasteiger partial charge in [-0.1, -0.05) is 28.9 Å². The van der Waals surface area contributed by atoms with Gasteiger partial charge in [-0.3, -0.25) is 4.99 Å². The first kappa shape index (κ1) is 18.7. The lowest BCUT2D eigenvalue weighted by Crippen LogP contribution is -2.40. The first-order valence-corrected chi connectivity index (χ1v) is 9.11. The van der Waals surface area contributed by atoms with Crippen molar-refractivity contribution in [2.45, 2.75) is 19.4 Å². The van der Waals surface area contributed by atoms with Crippen molar-refractivity contribution in [2.24, 2.45) is 10.9 Å². The van der Waals surface area contributed by atoms with Gasteiger partial charge in [-0.05, 0) is 30.9 Å². The van der Waals surface area contributed by atoms with Gasteiger partial charge in [0.15, 0.2) is 5.96 Å². The second kappa shape index (κ2) is 9.00. The molecule has 1 N–H and O–H groups in total. The average Bonchev–Trinajstić information content (AvgIpc) is 3.34. The SMILES string of the molecule is CN=C(NCc1nc(-c2cccc(Cl)c2)no1)N(C)CCOCC1CC1. The van der Waals surface area contributed by atoms with E-state index in [9.17, 15) is 0 Å². The van der Waals surface area contributed by atoms with Gasteiger partial charge in [0.05, 0.1) is 13.2 Å². The van der Waals surface area contributed by atoms with Crippen molar-refractivity contribution in [3.8, 4) is 11.4 Å². The fourth-order valence-corrected chi connectivity index (χ4v) is 2.64. The zero-order valence-corrected chi connectivity index (χ0v) is 15.9. The monoisotopic (exact) mass is 377 g/mol. The van der Waals surface area contributed by atoms with Crippen LogP contribution in [0.4, 0.5) is 0 Å². The number of rotatable bonds is 8. The van der Waals surface area contributed by atoms with Crippen LogP contribution in [0, 0.1) is 5.92 Å². The first-order chi connectivity index (χ1) is 12.7. The molecule has 1 aliphatic carbocycles. The van der Waals surface area contributed by atoms with E-state index in [1.165, 1.54) is 12.8 Å². The molecule has 3 rings (SSSR count). The number of nitrogens with one attached hydrogen (secondary N) is 1. The average molecular weight is 378 g/mol. The minimum absolute atomic E-state index is 0.396. The fraction of sp³-hybridized carbons (Fsp3) is 0.500. The molecule has 0 amide bonds. The molecule has 26 heavy (non-hydrogen) atoms. The Morgan fingerprint density at radius 2 is 2.31 bits per heavy atom. The maximum absolute atomic E-state index is 6.00. The molecule has 0 bridgehead atoms. The summed E-state index contributed by atoms with van der Waals surface area (Å²) in [5.41, 5.74) is 0.821. The Labute approximate surface area is 158 Å². The summed E-state index contributed by atoms with van der Waals surface area (Å²) in [4.78, 5) is 10.7. The van der Waals surface area contributed by atoms with Gasteiger partial charge in [-0.25, -0.2) is 0 Å². The fourth-order valence-electron chi connectivity index (χ4n) is 2.45. The molecule has 0 saturated heterocycles. The molecule has 140 valence electrons. The van der Waals surface area contributed by atoms with Crippen LogP contribution in [0.25, 0.3) is 11.4 Å². The number of benzene rings is 1. The van der Waals surface area contributed by atoms with Crippen molar-refractivity contribution < 1.29 is 9.26 Å². The Bertz CT molecular complexity index is 745. The number of hydrogen-bond acceptors (Lipinski definition) is 5. The molecule has 1 aromatic heterocycles. The molecule has 1 aliphatic rings. The van der Waals surface area contributed by atoms with Crippen molar-refractivity contribution in [2.75, 3.05) is 33.9 Å². The van der Waals surface area contributed by atoms with Gasteiger partial charge in [0.1, 0.15) is 0 Å². The summed E-state index contributed by atoms with van der Waals surface area (Å²) in [6.07, 6.45) is 2.61. The second-order valence-electron chi connectivity index (χ2n) is 6.36. The van der Waals surface area contributed by atoms with Crippen molar-refractivity contribution in [1.29, 1.82) is 0 Å². The van der Waals surface area contributed by atoms with Gasteiger partial charge >= 0.3 is 0 Å². The number of likely N-dealkylation sites (N-methyl/N-ethyl adjacent to an activating group) is 1. The predicted octanol–water partition coefficient (Wildman–Crippen LogP) is 2.82. The largest absolute Gasteiger partial charge is 0.379 e. The first-order valence-electron chi connectivity index (χ1n) is 8.73. The molecule has 8 heteroatoms. The van der Waals surface area contributed by atoms with Crippen LogP contribution in [0.15, 0.2) is 33.8 Å². The highest BCUT2D eigenvalue weighted by molar-refractivity contribution is 6.30. The van der Waals surface area contributed by atoms with Crippen molar-refractivity contribution in [3.05, 3.63) is 35.2 Å². The summed E-state index contributed by atoms with van der Waals surface area (Å²) in [5.74, 6) is 2.53. The van der Waals surface area contributed by atoms with E-state index in [1.54, 1.807) is 13.1 Å². The predicted molar refractivity (Wildman–Crippen MR) is 101 cm³/mol. The summed E-state index contributed by atoms with van der Waals surface area (Å²) < 4.78 is 11.0. The summed E-state index contributed by atoms with van der Waals surface area (Å²) in [5, 5.41) is 7.86. The molecule has 1 heterocycles. The van der Waals surface area contributed by atoms with Crippen LogP contribution in [0.5, 0.6) is 0 Å². The molecule has 0 spiro atoms. The smallest absolute Gasteiger partial charge is 0.246 e. The van der Waals surface area contributed by atoms with Gasteiger partial charge < -0.3 is 19.5 Å². The number of ether oxygens (including phenoxy) is 1. The third kappa shape index (κ3) is 5.44. The normalized spacial score (nSPS) is 14.5. The number of halogens is 1. The molecule has 0 unspecified atom stereocenters. The zero-order valence-electron chi connectivity index (χ0n) is 15.1. The third-order valence-corrected chi connectivity index (χ3v) is 4.38. The zero-order chi connectivity index (χ0) is 18.4. The minimum Gasteiger partial charge on any atom is -0.379 e. The van der Waals surface area contributed by atoms with Crippen LogP contribution >= 0.6 is 11.6 Å². The molecule has 0 atom stereocenters. The molecule has 2 aromatic rings. The third-order valence-electron chi connectivity index (χ3n) is 4.14. The van der Waals surface area contributed by atoms with Gasteiger partial charge in [0.25, 0.3) is 0 Å². The molecule has 1 saturated carbocycles. The van der Waals surface area contributed by atoms with Crippen LogP contribution in [0.3, 0.4) is 0 Å². The lowest BCUT2D eigenvalue weighted by atomic mass is 10.2. The molecular weight excluding hydrogens is 354 g/mol.